The Morgan fingerprint density at radius 2 is 1.96 bits per heavy atom. The summed E-state index contributed by atoms with van der Waals surface area (Å²) in [7, 11) is 0. The molecule has 3 aliphatic heterocycles. The van der Waals surface area contributed by atoms with Crippen molar-refractivity contribution in [3.63, 3.8) is 0 Å². The minimum atomic E-state index is 0.148. The summed E-state index contributed by atoms with van der Waals surface area (Å²) in [4.78, 5) is 17.4. The molecule has 4 aliphatic rings. The lowest BCUT2D eigenvalue weighted by atomic mass is 9.86. The summed E-state index contributed by atoms with van der Waals surface area (Å²) in [6.45, 7) is 2.57. The van der Waals surface area contributed by atoms with Crippen molar-refractivity contribution >= 4 is 17.3 Å². The molecule has 0 spiro atoms. The first-order chi connectivity index (χ1) is 12.6. The first-order valence-electron chi connectivity index (χ1n) is 9.86. The van der Waals surface area contributed by atoms with Gasteiger partial charge >= 0.3 is 0 Å². The Morgan fingerprint density at radius 3 is 2.62 bits per heavy atom. The van der Waals surface area contributed by atoms with E-state index in [1.807, 2.05) is 17.0 Å². The highest BCUT2D eigenvalue weighted by Gasteiger charge is 2.41. The Hall–Kier alpha value is -1.79. The lowest BCUT2D eigenvalue weighted by Gasteiger charge is -2.34. The Morgan fingerprint density at radius 1 is 1.15 bits per heavy atom. The lowest BCUT2D eigenvalue weighted by Crippen LogP contribution is -2.38. The number of ether oxygens (including phenoxy) is 1. The van der Waals surface area contributed by atoms with Crippen LogP contribution in [-0.2, 0) is 11.3 Å². The number of aliphatic hydroxyl groups excluding tert-OH is 1. The monoisotopic (exact) mass is 357 g/mol. The van der Waals surface area contributed by atoms with Crippen LogP contribution in [0.2, 0.25) is 0 Å². The predicted molar refractivity (Wildman–Crippen MR) is 99.1 cm³/mol. The van der Waals surface area contributed by atoms with Crippen LogP contribution in [0.15, 0.2) is 12.1 Å². The van der Waals surface area contributed by atoms with Gasteiger partial charge in [-0.3, -0.25) is 4.79 Å². The van der Waals surface area contributed by atoms with Crippen molar-refractivity contribution in [3.05, 3.63) is 23.3 Å². The van der Waals surface area contributed by atoms with Crippen LogP contribution in [0.1, 0.15) is 48.0 Å². The van der Waals surface area contributed by atoms with Crippen molar-refractivity contribution < 1.29 is 14.6 Å². The molecule has 1 aliphatic carbocycles. The second kappa shape index (κ2) is 6.13. The Labute approximate surface area is 153 Å². The average Bonchev–Trinajstić information content (AvgIpc) is 3.36. The summed E-state index contributed by atoms with van der Waals surface area (Å²) in [6.07, 6.45) is 5.35. The van der Waals surface area contributed by atoms with Crippen LogP contribution in [0, 0.1) is 5.92 Å². The molecule has 2 bridgehead atoms. The molecule has 1 amide bonds. The van der Waals surface area contributed by atoms with Gasteiger partial charge in [0, 0.05) is 31.3 Å². The Kier molecular flexibility index (Phi) is 3.87. The van der Waals surface area contributed by atoms with Crippen LogP contribution in [0.25, 0.3) is 0 Å². The summed E-state index contributed by atoms with van der Waals surface area (Å²) in [5, 5.41) is 9.34. The molecule has 0 radical (unpaired) electrons. The maximum atomic E-state index is 13.1. The summed E-state index contributed by atoms with van der Waals surface area (Å²) < 4.78 is 5.70. The highest BCUT2D eigenvalue weighted by Crippen LogP contribution is 2.40. The standard InChI is InChI=1S/C20H27N3O3/c21-18-5-13-8-23(14-3-1-12(10-24)2-4-14)20(25)17(13)7-19(18)22-9-16-6-15(22)11-26-16/h5,7,12,14-16,24H,1-4,6,8-11,21H2/t12-,14-,15-,16-/m1/s1. The van der Waals surface area contributed by atoms with E-state index in [-0.39, 0.29) is 12.5 Å². The van der Waals surface area contributed by atoms with Crippen LogP contribution in [-0.4, -0.2) is 53.9 Å². The molecule has 2 saturated heterocycles. The third kappa shape index (κ3) is 2.50. The number of fused-ring (bicyclic) bond motifs is 3. The molecule has 1 aromatic rings. The van der Waals surface area contributed by atoms with Gasteiger partial charge in [0.05, 0.1) is 30.1 Å². The SMILES string of the molecule is Nc1cc2c(cc1N1C[C@H]3C[C@@H]1CO3)C(=O)N([C@H]1CC[C@H](CO)CC1)C2. The lowest BCUT2D eigenvalue weighted by molar-refractivity contribution is 0.0609. The number of aliphatic hydroxyl groups is 1. The second-order valence-corrected chi connectivity index (χ2v) is 8.36. The summed E-state index contributed by atoms with van der Waals surface area (Å²) in [5.74, 6) is 0.552. The smallest absolute Gasteiger partial charge is 0.254 e. The largest absolute Gasteiger partial charge is 0.397 e. The maximum Gasteiger partial charge on any atom is 0.254 e. The number of nitrogen functional groups attached to an aromatic ring is 1. The van der Waals surface area contributed by atoms with Gasteiger partial charge in [-0.1, -0.05) is 0 Å². The van der Waals surface area contributed by atoms with Crippen LogP contribution >= 0.6 is 0 Å². The van der Waals surface area contributed by atoms with Crippen molar-refractivity contribution in [2.75, 3.05) is 30.4 Å². The number of rotatable bonds is 3. The zero-order chi connectivity index (χ0) is 17.8. The van der Waals surface area contributed by atoms with Crippen LogP contribution < -0.4 is 10.6 Å². The van der Waals surface area contributed by atoms with E-state index in [2.05, 4.69) is 4.90 Å². The zero-order valence-electron chi connectivity index (χ0n) is 15.1. The zero-order valence-corrected chi connectivity index (χ0v) is 15.1. The quantitative estimate of drug-likeness (QED) is 0.806. The molecular formula is C20H27N3O3. The molecular weight excluding hydrogens is 330 g/mol. The highest BCUT2D eigenvalue weighted by atomic mass is 16.5. The van der Waals surface area contributed by atoms with E-state index in [1.54, 1.807) is 0 Å². The van der Waals surface area contributed by atoms with Gasteiger partial charge in [-0.25, -0.2) is 0 Å². The molecule has 1 saturated carbocycles. The normalized spacial score (nSPS) is 33.2. The fourth-order valence-electron chi connectivity index (χ4n) is 5.27. The molecule has 0 unspecified atom stereocenters. The summed E-state index contributed by atoms with van der Waals surface area (Å²) in [6, 6.07) is 4.71. The van der Waals surface area contributed by atoms with Gasteiger partial charge in [-0.05, 0) is 55.7 Å². The third-order valence-electron chi connectivity index (χ3n) is 6.81. The van der Waals surface area contributed by atoms with Gasteiger partial charge < -0.3 is 25.4 Å². The molecule has 140 valence electrons. The number of morpholine rings is 1. The number of amides is 1. The van der Waals surface area contributed by atoms with Gasteiger partial charge in [0.2, 0.25) is 0 Å². The second-order valence-electron chi connectivity index (χ2n) is 8.36. The predicted octanol–water partition coefficient (Wildman–Crippen LogP) is 1.75. The van der Waals surface area contributed by atoms with E-state index in [0.717, 1.165) is 67.8 Å². The van der Waals surface area contributed by atoms with Crippen LogP contribution in [0.3, 0.4) is 0 Å². The third-order valence-corrected chi connectivity index (χ3v) is 6.81. The molecule has 0 aromatic heterocycles. The Balaban J connectivity index is 1.38. The maximum absolute atomic E-state index is 13.1. The molecule has 5 rings (SSSR count). The highest BCUT2D eigenvalue weighted by molar-refractivity contribution is 6.00. The minimum Gasteiger partial charge on any atom is -0.397 e. The van der Waals surface area contributed by atoms with Gasteiger partial charge in [0.1, 0.15) is 0 Å². The number of anilines is 2. The first-order valence-corrected chi connectivity index (χ1v) is 9.86. The van der Waals surface area contributed by atoms with Crippen molar-refractivity contribution in [1.29, 1.82) is 0 Å². The van der Waals surface area contributed by atoms with E-state index in [0.29, 0.717) is 30.7 Å². The first kappa shape index (κ1) is 16.4. The van der Waals surface area contributed by atoms with Gasteiger partial charge in [0.25, 0.3) is 5.91 Å². The van der Waals surface area contributed by atoms with Crippen molar-refractivity contribution in [1.82, 2.24) is 4.90 Å². The average molecular weight is 357 g/mol. The minimum absolute atomic E-state index is 0.148. The molecule has 3 fully saturated rings. The van der Waals surface area contributed by atoms with E-state index in [9.17, 15) is 9.90 Å². The summed E-state index contributed by atoms with van der Waals surface area (Å²) in [5.41, 5.74) is 10.0. The topological polar surface area (TPSA) is 79.0 Å². The van der Waals surface area contributed by atoms with E-state index in [4.69, 9.17) is 10.5 Å². The van der Waals surface area contributed by atoms with E-state index in [1.165, 1.54) is 0 Å². The Bertz CT molecular complexity index is 729. The molecule has 6 heteroatoms. The number of nitrogens with zero attached hydrogens (tertiary/aromatic N) is 2. The van der Waals surface area contributed by atoms with Gasteiger partial charge in [-0.15, -0.1) is 0 Å². The van der Waals surface area contributed by atoms with Crippen LogP contribution in [0.5, 0.6) is 0 Å². The molecule has 3 N–H and O–H groups in total. The molecule has 6 nitrogen and oxygen atoms in total. The molecule has 26 heavy (non-hydrogen) atoms. The van der Waals surface area contributed by atoms with E-state index < -0.39 is 0 Å². The van der Waals surface area contributed by atoms with Crippen molar-refractivity contribution in [3.8, 4) is 0 Å². The summed E-state index contributed by atoms with van der Waals surface area (Å²) >= 11 is 0. The fourth-order valence-corrected chi connectivity index (χ4v) is 5.27. The van der Waals surface area contributed by atoms with Crippen molar-refractivity contribution in [2.45, 2.75) is 56.8 Å². The molecule has 1 aromatic carbocycles. The van der Waals surface area contributed by atoms with Crippen molar-refractivity contribution in [2.24, 2.45) is 5.92 Å². The molecule has 2 atom stereocenters. The fraction of sp³-hybridized carbons (Fsp3) is 0.650. The number of carbonyl (C=O) groups is 1. The molecule has 3 heterocycles. The van der Waals surface area contributed by atoms with Gasteiger partial charge in [-0.2, -0.15) is 0 Å². The van der Waals surface area contributed by atoms with Gasteiger partial charge in [0.15, 0.2) is 0 Å². The number of carbonyl (C=O) groups excluding carboxylic acids is 1. The number of hydrogen-bond acceptors (Lipinski definition) is 5. The van der Waals surface area contributed by atoms with E-state index >= 15 is 0 Å². The number of benzene rings is 1. The van der Waals surface area contributed by atoms with Crippen LogP contribution in [0.4, 0.5) is 11.4 Å². The number of nitrogens with two attached hydrogens (primary N) is 1. The number of hydrogen-bond donors (Lipinski definition) is 2.